The summed E-state index contributed by atoms with van der Waals surface area (Å²) in [6.07, 6.45) is 7.24. The molecule has 0 radical (unpaired) electrons. The van der Waals surface area contributed by atoms with Crippen molar-refractivity contribution in [3.63, 3.8) is 0 Å². The van der Waals surface area contributed by atoms with E-state index < -0.39 is 5.97 Å². The number of hydrogen-bond donors (Lipinski definition) is 1. The summed E-state index contributed by atoms with van der Waals surface area (Å²) in [5.41, 5.74) is 1.36. The Morgan fingerprint density at radius 2 is 1.68 bits per heavy atom. The zero-order valence-corrected chi connectivity index (χ0v) is 14.5. The first-order chi connectivity index (χ1) is 12.1. The van der Waals surface area contributed by atoms with E-state index >= 15 is 0 Å². The van der Waals surface area contributed by atoms with Gasteiger partial charge in [0.2, 0.25) is 5.91 Å². The van der Waals surface area contributed by atoms with E-state index in [4.69, 9.17) is 5.11 Å². The van der Waals surface area contributed by atoms with Gasteiger partial charge in [-0.1, -0.05) is 30.3 Å². The lowest BCUT2D eigenvalue weighted by Crippen LogP contribution is -2.48. The molecule has 1 aromatic carbocycles. The minimum atomic E-state index is -1.07. The highest BCUT2D eigenvalue weighted by Gasteiger charge is 2.37. The molecule has 0 spiro atoms. The molecule has 2 aliphatic rings. The van der Waals surface area contributed by atoms with E-state index in [1.807, 2.05) is 11.0 Å². The maximum atomic E-state index is 12.4. The number of nitrogens with zero attached hydrogens (tertiary/aromatic N) is 2. The molecule has 1 aromatic rings. The molecule has 1 aliphatic heterocycles. The van der Waals surface area contributed by atoms with Crippen molar-refractivity contribution >= 4 is 11.9 Å². The minimum absolute atomic E-state index is 0.146. The summed E-state index contributed by atoms with van der Waals surface area (Å²) in [5, 5.41) is 8.73. The Hall–Kier alpha value is -2.14. The van der Waals surface area contributed by atoms with E-state index in [0.717, 1.165) is 57.8 Å². The fraction of sp³-hybridized carbons (Fsp3) is 0.500. The Morgan fingerprint density at radius 3 is 2.28 bits per heavy atom. The van der Waals surface area contributed by atoms with E-state index in [1.54, 1.807) is 0 Å². The molecule has 0 aromatic heterocycles. The van der Waals surface area contributed by atoms with Crippen LogP contribution in [0.2, 0.25) is 0 Å². The molecule has 1 aliphatic carbocycles. The van der Waals surface area contributed by atoms with E-state index in [0.29, 0.717) is 6.04 Å². The number of carbonyl (C=O) groups excluding carboxylic acids is 1. The number of hydrogen-bond acceptors (Lipinski definition) is 3. The second-order valence-electron chi connectivity index (χ2n) is 6.96. The Kier molecular flexibility index (Phi) is 5.87. The minimum Gasteiger partial charge on any atom is -0.478 e. The Morgan fingerprint density at radius 1 is 1.04 bits per heavy atom. The van der Waals surface area contributed by atoms with Gasteiger partial charge < -0.3 is 14.9 Å². The molecule has 5 nitrogen and oxygen atoms in total. The largest absolute Gasteiger partial charge is 0.478 e. The van der Waals surface area contributed by atoms with Crippen LogP contribution in [0.1, 0.15) is 31.2 Å². The standard InChI is InChI=1S/C20H26N2O3/c23-19(8-9-20(24)25)22(17-6-7-17)18-11-14-21(15-12-18)13-10-16-4-2-1-3-5-16/h1-5,8-9,17-18H,6-7,10-15H2,(H,24,25). The van der Waals surface area contributed by atoms with Crippen molar-refractivity contribution in [3.05, 3.63) is 48.0 Å². The van der Waals surface area contributed by atoms with Crippen molar-refractivity contribution in [1.29, 1.82) is 0 Å². The van der Waals surface area contributed by atoms with Crippen molar-refractivity contribution in [2.75, 3.05) is 19.6 Å². The molecule has 1 amide bonds. The van der Waals surface area contributed by atoms with Gasteiger partial charge in [0.05, 0.1) is 0 Å². The second kappa shape index (κ2) is 8.30. The zero-order valence-electron chi connectivity index (χ0n) is 14.5. The van der Waals surface area contributed by atoms with E-state index in [1.165, 1.54) is 11.6 Å². The molecule has 0 atom stereocenters. The number of carboxylic acids is 1. The number of rotatable bonds is 7. The van der Waals surface area contributed by atoms with Crippen LogP contribution in [0.25, 0.3) is 0 Å². The molecule has 134 valence electrons. The van der Waals surface area contributed by atoms with Crippen LogP contribution in [0.15, 0.2) is 42.5 Å². The van der Waals surface area contributed by atoms with Crippen LogP contribution in [0.4, 0.5) is 0 Å². The van der Waals surface area contributed by atoms with Gasteiger partial charge in [0.15, 0.2) is 0 Å². The average molecular weight is 342 g/mol. The maximum absolute atomic E-state index is 12.4. The van der Waals surface area contributed by atoms with Crippen molar-refractivity contribution in [2.45, 2.75) is 44.2 Å². The number of carboxylic acid groups (broad SMARTS) is 1. The first kappa shape index (κ1) is 17.7. The Balaban J connectivity index is 1.49. The van der Waals surface area contributed by atoms with Gasteiger partial charge in [0, 0.05) is 43.9 Å². The van der Waals surface area contributed by atoms with Crippen LogP contribution in [0.5, 0.6) is 0 Å². The highest BCUT2D eigenvalue weighted by molar-refractivity contribution is 5.94. The predicted octanol–water partition coefficient (Wildman–Crippen LogP) is 2.33. The third-order valence-corrected chi connectivity index (χ3v) is 5.07. The van der Waals surface area contributed by atoms with Gasteiger partial charge in [-0.05, 0) is 37.7 Å². The number of aliphatic carboxylic acids is 1. The van der Waals surface area contributed by atoms with Gasteiger partial charge in [-0.3, -0.25) is 4.79 Å². The summed E-state index contributed by atoms with van der Waals surface area (Å²) in [5.74, 6) is -1.22. The summed E-state index contributed by atoms with van der Waals surface area (Å²) in [7, 11) is 0. The first-order valence-electron chi connectivity index (χ1n) is 9.13. The summed E-state index contributed by atoms with van der Waals surface area (Å²) < 4.78 is 0. The molecule has 3 rings (SSSR count). The molecule has 0 bridgehead atoms. The molecule has 1 saturated heterocycles. The lowest BCUT2D eigenvalue weighted by molar-refractivity contribution is -0.133. The van der Waals surface area contributed by atoms with E-state index in [-0.39, 0.29) is 11.9 Å². The molecular weight excluding hydrogens is 316 g/mol. The van der Waals surface area contributed by atoms with E-state index in [9.17, 15) is 9.59 Å². The second-order valence-corrected chi connectivity index (χ2v) is 6.96. The third-order valence-electron chi connectivity index (χ3n) is 5.07. The van der Waals surface area contributed by atoms with Gasteiger partial charge >= 0.3 is 5.97 Å². The lowest BCUT2D eigenvalue weighted by atomic mass is 10.0. The Labute approximate surface area is 148 Å². The topological polar surface area (TPSA) is 60.9 Å². The van der Waals surface area contributed by atoms with E-state index in [2.05, 4.69) is 29.2 Å². The number of carbonyl (C=O) groups is 2. The van der Waals surface area contributed by atoms with Gasteiger partial charge in [-0.25, -0.2) is 4.79 Å². The van der Waals surface area contributed by atoms with Crippen molar-refractivity contribution in [3.8, 4) is 0 Å². The molecule has 1 heterocycles. The van der Waals surface area contributed by atoms with Crippen molar-refractivity contribution in [2.24, 2.45) is 0 Å². The monoisotopic (exact) mass is 342 g/mol. The molecule has 1 saturated carbocycles. The summed E-state index contributed by atoms with van der Waals surface area (Å²) >= 11 is 0. The number of piperidine rings is 1. The quantitative estimate of drug-likeness (QED) is 0.773. The number of benzene rings is 1. The normalized spacial score (nSPS) is 19.2. The van der Waals surface area contributed by atoms with Gasteiger partial charge in [-0.2, -0.15) is 0 Å². The van der Waals surface area contributed by atoms with Crippen LogP contribution < -0.4 is 0 Å². The number of amides is 1. The molecular formula is C20H26N2O3. The van der Waals surface area contributed by atoms with Crippen LogP contribution in [-0.2, 0) is 16.0 Å². The Bertz CT molecular complexity index is 617. The highest BCUT2D eigenvalue weighted by atomic mass is 16.4. The summed E-state index contributed by atoms with van der Waals surface area (Å²) in [6, 6.07) is 11.1. The van der Waals surface area contributed by atoms with Crippen LogP contribution in [-0.4, -0.2) is 58.5 Å². The van der Waals surface area contributed by atoms with Crippen LogP contribution in [0, 0.1) is 0 Å². The van der Waals surface area contributed by atoms with Crippen LogP contribution in [0.3, 0.4) is 0 Å². The van der Waals surface area contributed by atoms with Crippen LogP contribution >= 0.6 is 0 Å². The molecule has 5 heteroatoms. The van der Waals surface area contributed by atoms with Crippen molar-refractivity contribution in [1.82, 2.24) is 9.80 Å². The summed E-state index contributed by atoms with van der Waals surface area (Å²) in [6.45, 7) is 3.04. The summed E-state index contributed by atoms with van der Waals surface area (Å²) in [4.78, 5) is 27.4. The van der Waals surface area contributed by atoms with Gasteiger partial charge in [0.1, 0.15) is 0 Å². The van der Waals surface area contributed by atoms with Gasteiger partial charge in [-0.15, -0.1) is 0 Å². The molecule has 0 unspecified atom stereocenters. The van der Waals surface area contributed by atoms with Crippen molar-refractivity contribution < 1.29 is 14.7 Å². The SMILES string of the molecule is O=C(O)C=CC(=O)N(C1CC1)C1CCN(CCc2ccccc2)CC1. The third kappa shape index (κ3) is 5.16. The zero-order chi connectivity index (χ0) is 17.6. The van der Waals surface area contributed by atoms with Gasteiger partial charge in [0.25, 0.3) is 0 Å². The predicted molar refractivity (Wildman–Crippen MR) is 96.3 cm³/mol. The first-order valence-corrected chi connectivity index (χ1v) is 9.13. The fourth-order valence-corrected chi connectivity index (χ4v) is 3.59. The lowest BCUT2D eigenvalue weighted by Gasteiger charge is -2.38. The molecule has 1 N–H and O–H groups in total. The highest BCUT2D eigenvalue weighted by Crippen LogP contribution is 2.32. The smallest absolute Gasteiger partial charge is 0.328 e. The average Bonchev–Trinajstić information content (AvgIpc) is 3.45. The number of likely N-dealkylation sites (tertiary alicyclic amines) is 1. The molecule has 2 fully saturated rings. The fourth-order valence-electron chi connectivity index (χ4n) is 3.59. The molecule has 25 heavy (non-hydrogen) atoms. The maximum Gasteiger partial charge on any atom is 0.328 e.